The molecule has 0 atom stereocenters. The molecule has 1 heterocycles. The summed E-state index contributed by atoms with van der Waals surface area (Å²) in [5.41, 5.74) is 0.882. The molecule has 1 aromatic carbocycles. The summed E-state index contributed by atoms with van der Waals surface area (Å²) in [5.74, 6) is -0.558. The summed E-state index contributed by atoms with van der Waals surface area (Å²) in [6.45, 7) is 2.62. The molecule has 0 saturated carbocycles. The van der Waals surface area contributed by atoms with Crippen LogP contribution in [0.25, 0.3) is 0 Å². The normalized spacial score (nSPS) is 10.9. The summed E-state index contributed by atoms with van der Waals surface area (Å²) in [6, 6.07) is 10.8. The van der Waals surface area contributed by atoms with Gasteiger partial charge in [-0.15, -0.1) is 0 Å². The number of alkyl halides is 2. The van der Waals surface area contributed by atoms with Crippen LogP contribution in [0.1, 0.15) is 18.4 Å². The first-order chi connectivity index (χ1) is 9.17. The fourth-order valence-electron chi connectivity index (χ4n) is 1.65. The topological polar surface area (TPSA) is 25.2 Å². The van der Waals surface area contributed by atoms with Crippen molar-refractivity contribution in [3.63, 3.8) is 0 Å². The number of anilines is 1. The van der Waals surface area contributed by atoms with E-state index in [0.29, 0.717) is 23.2 Å². The van der Waals surface area contributed by atoms with Gasteiger partial charge in [0.2, 0.25) is 0 Å². The average Bonchev–Trinajstić information content (AvgIpc) is 2.85. The van der Waals surface area contributed by atoms with Crippen molar-refractivity contribution >= 4 is 17.4 Å². The molecule has 0 bridgehead atoms. The van der Waals surface area contributed by atoms with E-state index in [4.69, 9.17) is 4.42 Å². The zero-order chi connectivity index (χ0) is 13.7. The van der Waals surface area contributed by atoms with E-state index in [1.165, 1.54) is 0 Å². The molecule has 2 rings (SSSR count). The smallest absolute Gasteiger partial charge is 0.288 e. The molecule has 0 radical (unpaired) electrons. The number of halogens is 2. The van der Waals surface area contributed by atoms with Crippen molar-refractivity contribution in [1.82, 2.24) is 0 Å². The molecular formula is C14H15F2NOS. The second kappa shape index (κ2) is 6.61. The zero-order valence-corrected chi connectivity index (χ0v) is 11.3. The van der Waals surface area contributed by atoms with Gasteiger partial charge in [0.25, 0.3) is 5.76 Å². The molecule has 0 aliphatic rings. The van der Waals surface area contributed by atoms with Gasteiger partial charge < -0.3 is 9.73 Å². The van der Waals surface area contributed by atoms with E-state index in [9.17, 15) is 8.78 Å². The maximum absolute atomic E-state index is 12.2. The summed E-state index contributed by atoms with van der Waals surface area (Å²) < 4.78 is 29.9. The average molecular weight is 283 g/mol. The summed E-state index contributed by atoms with van der Waals surface area (Å²) in [6.07, 6.45) is 0.875. The highest BCUT2D eigenvalue weighted by Gasteiger charge is 2.05. The summed E-state index contributed by atoms with van der Waals surface area (Å²) >= 11 is 0.548. The number of furan rings is 1. The number of hydrogen-bond acceptors (Lipinski definition) is 3. The molecule has 0 aliphatic carbocycles. The Morgan fingerprint density at radius 1 is 1.11 bits per heavy atom. The third-order valence-corrected chi connectivity index (χ3v) is 3.33. The Bertz CT molecular complexity index is 510. The molecule has 102 valence electrons. The Morgan fingerprint density at radius 3 is 2.37 bits per heavy atom. The lowest BCUT2D eigenvalue weighted by atomic mass is 10.3. The minimum atomic E-state index is -2.38. The minimum Gasteiger partial charge on any atom is -0.464 e. The molecule has 1 N–H and O–H groups in total. The van der Waals surface area contributed by atoms with Crippen molar-refractivity contribution in [3.05, 3.63) is 47.9 Å². The predicted octanol–water partition coefficient (Wildman–Crippen LogP) is 4.77. The highest BCUT2D eigenvalue weighted by atomic mass is 32.2. The number of aryl methyl sites for hydroxylation is 1. The molecule has 2 nitrogen and oxygen atoms in total. The van der Waals surface area contributed by atoms with Crippen LogP contribution in [-0.2, 0) is 13.0 Å². The molecule has 0 amide bonds. The van der Waals surface area contributed by atoms with Crippen LogP contribution in [0.5, 0.6) is 0 Å². The zero-order valence-electron chi connectivity index (χ0n) is 10.5. The van der Waals surface area contributed by atoms with E-state index in [1.54, 1.807) is 24.3 Å². The lowest BCUT2D eigenvalue weighted by molar-refractivity contribution is 0.252. The van der Waals surface area contributed by atoms with E-state index >= 15 is 0 Å². The molecule has 0 saturated heterocycles. The maximum Gasteiger partial charge on any atom is 0.288 e. The number of benzene rings is 1. The molecule has 5 heteroatoms. The van der Waals surface area contributed by atoms with Gasteiger partial charge in [-0.1, -0.05) is 18.7 Å². The van der Waals surface area contributed by atoms with Crippen molar-refractivity contribution in [1.29, 1.82) is 0 Å². The first-order valence-corrected chi connectivity index (χ1v) is 6.91. The summed E-state index contributed by atoms with van der Waals surface area (Å²) in [7, 11) is 0. The van der Waals surface area contributed by atoms with Crippen molar-refractivity contribution < 1.29 is 13.2 Å². The molecular weight excluding hydrogens is 268 g/mol. The van der Waals surface area contributed by atoms with Gasteiger partial charge in [-0.3, -0.25) is 0 Å². The first-order valence-electron chi connectivity index (χ1n) is 6.03. The van der Waals surface area contributed by atoms with E-state index in [2.05, 4.69) is 5.32 Å². The summed E-state index contributed by atoms with van der Waals surface area (Å²) in [4.78, 5) is 0.562. The highest BCUT2D eigenvalue weighted by Crippen LogP contribution is 2.26. The van der Waals surface area contributed by atoms with Crippen LogP contribution in [-0.4, -0.2) is 5.76 Å². The molecule has 0 spiro atoms. The third kappa shape index (κ3) is 4.28. The molecule has 1 aromatic heterocycles. The van der Waals surface area contributed by atoms with Crippen molar-refractivity contribution in [2.75, 3.05) is 5.32 Å². The largest absolute Gasteiger partial charge is 0.464 e. The Hall–Kier alpha value is -1.49. The molecule has 0 unspecified atom stereocenters. The fraction of sp³-hybridized carbons (Fsp3) is 0.286. The van der Waals surface area contributed by atoms with Gasteiger partial charge in [0.05, 0.1) is 6.54 Å². The second-order valence-corrected chi connectivity index (χ2v) is 5.04. The van der Waals surface area contributed by atoms with Gasteiger partial charge in [-0.05, 0) is 36.4 Å². The number of rotatable bonds is 6. The van der Waals surface area contributed by atoms with Crippen molar-refractivity contribution in [2.45, 2.75) is 30.5 Å². The van der Waals surface area contributed by atoms with Crippen LogP contribution >= 0.6 is 11.8 Å². The number of thioether (sulfide) groups is 1. The third-order valence-electron chi connectivity index (χ3n) is 2.61. The highest BCUT2D eigenvalue weighted by molar-refractivity contribution is 7.99. The van der Waals surface area contributed by atoms with Crippen LogP contribution in [0.3, 0.4) is 0 Å². The Kier molecular flexibility index (Phi) is 4.85. The van der Waals surface area contributed by atoms with Gasteiger partial charge in [0.1, 0.15) is 11.5 Å². The van der Waals surface area contributed by atoms with Gasteiger partial charge in [-0.25, -0.2) is 0 Å². The van der Waals surface area contributed by atoms with Crippen molar-refractivity contribution in [2.24, 2.45) is 0 Å². The number of nitrogens with one attached hydrogen (secondary N) is 1. The van der Waals surface area contributed by atoms with Gasteiger partial charge in [-0.2, -0.15) is 8.78 Å². The Morgan fingerprint density at radius 2 is 1.79 bits per heavy atom. The number of hydrogen-bond donors (Lipinski definition) is 1. The second-order valence-electron chi connectivity index (χ2n) is 3.98. The monoisotopic (exact) mass is 283 g/mol. The minimum absolute atomic E-state index is 0.548. The Labute approximate surface area is 115 Å². The lowest BCUT2D eigenvalue weighted by Crippen LogP contribution is -1.97. The SMILES string of the molecule is CCc1ccc(CNc2ccc(SC(F)F)cc2)o1. The molecule has 19 heavy (non-hydrogen) atoms. The fourth-order valence-corrected chi connectivity index (χ4v) is 2.15. The predicted molar refractivity (Wildman–Crippen MR) is 73.7 cm³/mol. The molecule has 0 aliphatic heterocycles. The van der Waals surface area contributed by atoms with Gasteiger partial charge >= 0.3 is 0 Å². The van der Waals surface area contributed by atoms with Crippen LogP contribution in [0.2, 0.25) is 0 Å². The van der Waals surface area contributed by atoms with Crippen LogP contribution in [0.4, 0.5) is 14.5 Å². The maximum atomic E-state index is 12.2. The van der Waals surface area contributed by atoms with E-state index < -0.39 is 5.76 Å². The molecule has 0 fully saturated rings. The standard InChI is InChI=1S/C14H15F2NOS/c1-2-11-5-6-12(18-11)9-17-10-3-7-13(8-4-10)19-14(15)16/h3-8,14,17H,2,9H2,1H3. The van der Waals surface area contributed by atoms with Crippen LogP contribution in [0.15, 0.2) is 45.7 Å². The van der Waals surface area contributed by atoms with Gasteiger partial charge in [0, 0.05) is 17.0 Å². The van der Waals surface area contributed by atoms with E-state index in [-0.39, 0.29) is 0 Å². The Balaban J connectivity index is 1.89. The van der Waals surface area contributed by atoms with Crippen LogP contribution in [0, 0.1) is 0 Å². The lowest BCUT2D eigenvalue weighted by Gasteiger charge is -2.05. The summed E-state index contributed by atoms with van der Waals surface area (Å²) in [5, 5.41) is 3.19. The van der Waals surface area contributed by atoms with Crippen molar-refractivity contribution in [3.8, 4) is 0 Å². The molecule has 2 aromatic rings. The quantitative estimate of drug-likeness (QED) is 0.773. The van der Waals surface area contributed by atoms with E-state index in [1.807, 2.05) is 19.1 Å². The first kappa shape index (κ1) is 13.9. The van der Waals surface area contributed by atoms with Gasteiger partial charge in [0.15, 0.2) is 0 Å². The van der Waals surface area contributed by atoms with Crippen LogP contribution < -0.4 is 5.32 Å². The van der Waals surface area contributed by atoms with E-state index in [0.717, 1.165) is 23.6 Å².